The molecule has 6 rings (SSSR count). The van der Waals surface area contributed by atoms with Crippen molar-refractivity contribution in [2.75, 3.05) is 0 Å². The Bertz CT molecular complexity index is 1600. The molecular weight excluding hydrogens is 539 g/mol. The lowest BCUT2D eigenvalue weighted by atomic mass is 9.59. The molecule has 0 radical (unpaired) electrons. The maximum atomic E-state index is 13.8. The van der Waals surface area contributed by atoms with Gasteiger partial charge in [-0.15, -0.1) is 13.2 Å². The van der Waals surface area contributed by atoms with Crippen LogP contribution in [0.25, 0.3) is 0 Å². The normalized spacial score (nSPS) is 25.9. The molecule has 4 unspecified atom stereocenters. The molecule has 2 aromatic carbocycles. The van der Waals surface area contributed by atoms with Crippen molar-refractivity contribution in [2.24, 2.45) is 17.8 Å². The van der Waals surface area contributed by atoms with Gasteiger partial charge in [-0.1, -0.05) is 42.0 Å². The fraction of sp³-hybridized carbons (Fsp3) is 0.290. The van der Waals surface area contributed by atoms with Crippen molar-refractivity contribution in [1.29, 1.82) is 0 Å². The molecule has 7 nitrogen and oxygen atoms in total. The van der Waals surface area contributed by atoms with Crippen LogP contribution in [-0.4, -0.2) is 39.7 Å². The number of ether oxygens (including phenoxy) is 1. The first kappa shape index (κ1) is 26.7. The van der Waals surface area contributed by atoms with Gasteiger partial charge in [-0.25, -0.2) is 0 Å². The number of carbonyl (C=O) groups is 4. The van der Waals surface area contributed by atoms with Crippen LogP contribution in [-0.2, 0) is 25.7 Å². The lowest BCUT2D eigenvalue weighted by Gasteiger charge is -2.42. The Morgan fingerprint density at radius 1 is 1.00 bits per heavy atom. The van der Waals surface area contributed by atoms with Gasteiger partial charge in [0.15, 0.2) is 11.6 Å². The average Bonchev–Trinajstić information content (AvgIpc) is 3.16. The van der Waals surface area contributed by atoms with E-state index in [1.165, 1.54) is 17.9 Å². The van der Waals surface area contributed by atoms with E-state index in [2.05, 4.69) is 4.74 Å². The van der Waals surface area contributed by atoms with Crippen LogP contribution in [0.15, 0.2) is 83.0 Å². The molecule has 0 saturated carbocycles. The number of benzene rings is 2. The highest BCUT2D eigenvalue weighted by Gasteiger charge is 2.56. The fourth-order valence-corrected chi connectivity index (χ4v) is 6.66. The molecule has 41 heavy (non-hydrogen) atoms. The highest BCUT2D eigenvalue weighted by molar-refractivity contribution is 6.24. The SMILES string of the molecule is CC1=CC(=O)C2=C(C1=O)C(c1cc(OC(F)(F)F)ccc1O)C1=CCC3C(=O)N(Cc4ccccc4)C(=O)C3C1C2. The number of halogens is 3. The van der Waals surface area contributed by atoms with Gasteiger partial charge in [-0.3, -0.25) is 24.1 Å². The number of phenolic OH excluding ortho intramolecular Hbond substituents is 1. The van der Waals surface area contributed by atoms with Gasteiger partial charge in [0, 0.05) is 28.2 Å². The van der Waals surface area contributed by atoms with Crippen LogP contribution in [0, 0.1) is 17.8 Å². The van der Waals surface area contributed by atoms with E-state index >= 15 is 0 Å². The first-order valence-corrected chi connectivity index (χ1v) is 13.1. The molecular formula is C31H24F3NO6. The fourth-order valence-electron chi connectivity index (χ4n) is 6.66. The van der Waals surface area contributed by atoms with Crippen molar-refractivity contribution in [3.05, 3.63) is 94.1 Å². The van der Waals surface area contributed by atoms with Crippen LogP contribution in [0.1, 0.15) is 36.8 Å². The zero-order valence-electron chi connectivity index (χ0n) is 21.8. The first-order chi connectivity index (χ1) is 19.4. The molecule has 0 spiro atoms. The summed E-state index contributed by atoms with van der Waals surface area (Å²) in [4.78, 5) is 55.1. The largest absolute Gasteiger partial charge is 0.573 e. The predicted octanol–water partition coefficient (Wildman–Crippen LogP) is 4.92. The molecule has 1 aliphatic heterocycles. The zero-order chi connectivity index (χ0) is 29.2. The van der Waals surface area contributed by atoms with Gasteiger partial charge < -0.3 is 9.84 Å². The number of imide groups is 1. The highest BCUT2D eigenvalue weighted by atomic mass is 19.4. The molecule has 3 aliphatic carbocycles. The number of Topliss-reactive ketones (excluding diaryl/α,β-unsaturated/α-hetero) is 1. The Kier molecular flexibility index (Phi) is 6.24. The maximum Gasteiger partial charge on any atom is 0.573 e. The summed E-state index contributed by atoms with van der Waals surface area (Å²) in [6.07, 6.45) is -1.87. The van der Waals surface area contributed by atoms with Gasteiger partial charge in [-0.05, 0) is 55.5 Å². The van der Waals surface area contributed by atoms with E-state index in [0.717, 1.165) is 23.8 Å². The summed E-state index contributed by atoms with van der Waals surface area (Å²) in [5.41, 5.74) is 1.60. The molecule has 2 amide bonds. The number of carbonyl (C=O) groups excluding carboxylic acids is 4. The number of likely N-dealkylation sites (tertiary alicyclic amines) is 1. The molecule has 210 valence electrons. The molecule has 1 fully saturated rings. The Balaban J connectivity index is 1.46. The van der Waals surface area contributed by atoms with Crippen LogP contribution in [0.3, 0.4) is 0 Å². The number of ketones is 2. The molecule has 1 saturated heterocycles. The molecule has 0 bridgehead atoms. The number of alkyl halides is 3. The number of hydrogen-bond acceptors (Lipinski definition) is 6. The summed E-state index contributed by atoms with van der Waals surface area (Å²) >= 11 is 0. The third-order valence-corrected chi connectivity index (χ3v) is 8.38. The summed E-state index contributed by atoms with van der Waals surface area (Å²) in [7, 11) is 0. The zero-order valence-corrected chi connectivity index (χ0v) is 21.8. The van der Waals surface area contributed by atoms with E-state index in [4.69, 9.17) is 0 Å². The van der Waals surface area contributed by atoms with Crippen molar-refractivity contribution >= 4 is 23.4 Å². The van der Waals surface area contributed by atoms with E-state index in [0.29, 0.717) is 5.57 Å². The molecule has 2 aromatic rings. The van der Waals surface area contributed by atoms with E-state index in [9.17, 15) is 37.5 Å². The number of allylic oxidation sites excluding steroid dienone is 6. The minimum Gasteiger partial charge on any atom is -0.508 e. The average molecular weight is 564 g/mol. The smallest absolute Gasteiger partial charge is 0.508 e. The lowest BCUT2D eigenvalue weighted by molar-refractivity contribution is -0.274. The van der Waals surface area contributed by atoms with Gasteiger partial charge in [0.2, 0.25) is 11.8 Å². The third-order valence-electron chi connectivity index (χ3n) is 8.38. The lowest BCUT2D eigenvalue weighted by Crippen LogP contribution is -2.39. The first-order valence-electron chi connectivity index (χ1n) is 13.1. The van der Waals surface area contributed by atoms with Crippen LogP contribution in [0.5, 0.6) is 11.5 Å². The minimum atomic E-state index is -5.00. The van der Waals surface area contributed by atoms with Gasteiger partial charge >= 0.3 is 6.36 Å². The van der Waals surface area contributed by atoms with Gasteiger partial charge in [-0.2, -0.15) is 0 Å². The van der Waals surface area contributed by atoms with E-state index in [1.54, 1.807) is 30.3 Å². The summed E-state index contributed by atoms with van der Waals surface area (Å²) < 4.78 is 43.2. The predicted molar refractivity (Wildman–Crippen MR) is 138 cm³/mol. The second-order valence-electron chi connectivity index (χ2n) is 10.7. The van der Waals surface area contributed by atoms with Crippen molar-refractivity contribution in [3.8, 4) is 11.5 Å². The maximum absolute atomic E-state index is 13.8. The summed E-state index contributed by atoms with van der Waals surface area (Å²) in [6, 6.07) is 12.0. The Hall–Kier alpha value is -4.47. The van der Waals surface area contributed by atoms with E-state index in [-0.39, 0.29) is 47.6 Å². The van der Waals surface area contributed by atoms with Crippen LogP contribution >= 0.6 is 0 Å². The van der Waals surface area contributed by atoms with Crippen molar-refractivity contribution in [3.63, 3.8) is 0 Å². The topological polar surface area (TPSA) is 101 Å². The van der Waals surface area contributed by atoms with E-state index in [1.807, 2.05) is 6.07 Å². The third kappa shape index (κ3) is 4.47. The molecule has 4 atom stereocenters. The Morgan fingerprint density at radius 3 is 2.44 bits per heavy atom. The van der Waals surface area contributed by atoms with Crippen LogP contribution in [0.2, 0.25) is 0 Å². The number of fused-ring (bicyclic) bond motifs is 3. The Morgan fingerprint density at radius 2 is 1.73 bits per heavy atom. The molecule has 1 N–H and O–H groups in total. The van der Waals surface area contributed by atoms with Crippen LogP contribution in [0.4, 0.5) is 13.2 Å². The van der Waals surface area contributed by atoms with Gasteiger partial charge in [0.05, 0.1) is 18.4 Å². The quantitative estimate of drug-likeness (QED) is 0.322. The summed E-state index contributed by atoms with van der Waals surface area (Å²) in [5, 5.41) is 10.8. The van der Waals surface area contributed by atoms with Gasteiger partial charge in [0.1, 0.15) is 11.5 Å². The van der Waals surface area contributed by atoms with Crippen molar-refractivity contribution in [2.45, 2.75) is 38.6 Å². The second-order valence-corrected chi connectivity index (χ2v) is 10.7. The molecule has 0 aromatic heterocycles. The summed E-state index contributed by atoms with van der Waals surface area (Å²) in [5.74, 6) is -5.92. The molecule has 10 heteroatoms. The monoisotopic (exact) mass is 563 g/mol. The minimum absolute atomic E-state index is 0.0187. The summed E-state index contributed by atoms with van der Waals surface area (Å²) in [6.45, 7) is 1.56. The molecule has 1 heterocycles. The number of rotatable bonds is 4. The number of hydrogen-bond donors (Lipinski definition) is 1. The van der Waals surface area contributed by atoms with E-state index < -0.39 is 59.0 Å². The van der Waals surface area contributed by atoms with Crippen molar-refractivity contribution < 1.29 is 42.2 Å². The second kappa shape index (κ2) is 9.57. The van der Waals surface area contributed by atoms with Crippen molar-refractivity contribution in [1.82, 2.24) is 4.90 Å². The molecule has 4 aliphatic rings. The number of nitrogens with zero attached hydrogens (tertiary/aromatic N) is 1. The number of aromatic hydroxyl groups is 1. The number of phenols is 1. The van der Waals surface area contributed by atoms with Crippen LogP contribution < -0.4 is 4.74 Å². The standard InChI is InChI=1S/C31H24F3NO6/c1-15-11-24(37)22-13-20-18(8-9-19-26(20)30(40)35(29(19)39)14-16-5-3-2-4-6-16)25(27(22)28(15)38)21-12-17(7-10-23(21)36)41-31(32,33)34/h2-8,10-12,19-20,25-26,36H,9,13-14H2,1H3. The van der Waals surface area contributed by atoms with Gasteiger partial charge in [0.25, 0.3) is 0 Å². The number of amides is 2. The highest BCUT2D eigenvalue weighted by Crippen LogP contribution is 2.56. The Labute approximate surface area is 232 Å².